The van der Waals surface area contributed by atoms with Crippen LogP contribution in [-0.2, 0) is 21.3 Å². The lowest BCUT2D eigenvalue weighted by molar-refractivity contribution is 0.0925. The van der Waals surface area contributed by atoms with Gasteiger partial charge in [-0.15, -0.1) is 0 Å². The van der Waals surface area contributed by atoms with Crippen LogP contribution in [0.1, 0.15) is 18.4 Å². The van der Waals surface area contributed by atoms with E-state index in [-0.39, 0.29) is 29.6 Å². The van der Waals surface area contributed by atoms with Crippen LogP contribution in [0.2, 0.25) is 0 Å². The van der Waals surface area contributed by atoms with Crippen molar-refractivity contribution in [1.29, 1.82) is 0 Å². The van der Waals surface area contributed by atoms with Crippen LogP contribution in [0, 0.1) is 5.82 Å². The lowest BCUT2D eigenvalue weighted by Gasteiger charge is -2.25. The van der Waals surface area contributed by atoms with Gasteiger partial charge in [0, 0.05) is 36.2 Å². The van der Waals surface area contributed by atoms with E-state index in [1.165, 1.54) is 16.4 Å². The number of nitrogens with zero attached hydrogens (tertiary/aromatic N) is 1. The molecular weight excluding hydrogens is 423 g/mol. The fourth-order valence-electron chi connectivity index (χ4n) is 3.68. The predicted octanol–water partition coefficient (Wildman–Crippen LogP) is 3.05. The maximum atomic E-state index is 13.3. The number of aromatic amines is 1. The number of aromatic nitrogens is 1. The van der Waals surface area contributed by atoms with Crippen molar-refractivity contribution in [2.75, 3.05) is 20.3 Å². The normalized spacial score (nSPS) is 16.8. The van der Waals surface area contributed by atoms with Crippen molar-refractivity contribution in [2.24, 2.45) is 0 Å². The molecule has 0 saturated carbocycles. The van der Waals surface area contributed by atoms with Crippen molar-refractivity contribution in [3.8, 4) is 5.75 Å². The number of H-pyrrole nitrogens is 1. The van der Waals surface area contributed by atoms with Crippen molar-refractivity contribution < 1.29 is 22.3 Å². The van der Waals surface area contributed by atoms with Crippen LogP contribution in [0.4, 0.5) is 4.39 Å². The van der Waals surface area contributed by atoms with Crippen LogP contribution >= 0.6 is 0 Å². The molecule has 1 atom stereocenters. The molecular formula is C22H23FN2O5S. The molecule has 0 spiro atoms. The average Bonchev–Trinajstić information content (AvgIpc) is 3.27. The van der Waals surface area contributed by atoms with Gasteiger partial charge in [-0.1, -0.05) is 0 Å². The molecule has 2 heterocycles. The van der Waals surface area contributed by atoms with E-state index in [0.717, 1.165) is 30.4 Å². The molecule has 0 radical (unpaired) electrons. The van der Waals surface area contributed by atoms with Gasteiger partial charge in [0.1, 0.15) is 11.6 Å². The van der Waals surface area contributed by atoms with Gasteiger partial charge in [-0.25, -0.2) is 12.8 Å². The Hall–Kier alpha value is -2.75. The van der Waals surface area contributed by atoms with Gasteiger partial charge in [-0.05, 0) is 61.4 Å². The van der Waals surface area contributed by atoms with Crippen LogP contribution in [0.3, 0.4) is 0 Å². The molecule has 0 aliphatic carbocycles. The number of sulfonamides is 1. The second kappa shape index (κ2) is 8.78. The number of rotatable bonds is 7. The summed E-state index contributed by atoms with van der Waals surface area (Å²) in [4.78, 5) is 15.4. The average molecular weight is 447 g/mol. The van der Waals surface area contributed by atoms with E-state index in [4.69, 9.17) is 9.47 Å². The van der Waals surface area contributed by atoms with E-state index in [2.05, 4.69) is 4.98 Å². The standard InChI is InChI=1S/C22H23FN2O5S/c1-29-18-6-9-21-15(12-18)11-16(22(26)24-21)13-25(14-19-3-2-10-30-19)31(27,28)20-7-4-17(23)5-8-20/h4-9,11-12,19H,2-3,10,13-14H2,1H3,(H,24,26)/t19-/m0/s1. The molecule has 1 fully saturated rings. The molecule has 4 rings (SSSR count). The van der Waals surface area contributed by atoms with E-state index in [0.29, 0.717) is 23.4 Å². The molecule has 1 aliphatic rings. The SMILES string of the molecule is COc1ccc2[nH]c(=O)c(CN(C[C@@H]3CCCO3)S(=O)(=O)c3ccc(F)cc3)cc2c1. The molecule has 1 aliphatic heterocycles. The molecule has 0 amide bonds. The van der Waals surface area contributed by atoms with Crippen molar-refractivity contribution >= 4 is 20.9 Å². The quantitative estimate of drug-likeness (QED) is 0.603. The van der Waals surface area contributed by atoms with Gasteiger partial charge in [0.25, 0.3) is 5.56 Å². The Balaban J connectivity index is 1.72. The first kappa shape index (κ1) is 21.5. The summed E-state index contributed by atoms with van der Waals surface area (Å²) in [5.74, 6) is 0.102. The summed E-state index contributed by atoms with van der Waals surface area (Å²) in [6.07, 6.45) is 1.33. The Morgan fingerprint density at radius 2 is 1.97 bits per heavy atom. The summed E-state index contributed by atoms with van der Waals surface area (Å²) in [7, 11) is -2.43. The zero-order valence-electron chi connectivity index (χ0n) is 17.0. The van der Waals surface area contributed by atoms with E-state index in [9.17, 15) is 17.6 Å². The molecule has 2 aromatic carbocycles. The first-order valence-corrected chi connectivity index (χ1v) is 11.4. The fraction of sp³-hybridized carbons (Fsp3) is 0.318. The third-order valence-electron chi connectivity index (χ3n) is 5.36. The number of hydrogen-bond acceptors (Lipinski definition) is 5. The molecule has 0 bridgehead atoms. The molecule has 3 aromatic rings. The lowest BCUT2D eigenvalue weighted by atomic mass is 10.1. The maximum Gasteiger partial charge on any atom is 0.252 e. The number of ether oxygens (including phenoxy) is 2. The van der Waals surface area contributed by atoms with Gasteiger partial charge in [-0.3, -0.25) is 4.79 Å². The second-order valence-electron chi connectivity index (χ2n) is 7.46. The number of hydrogen-bond donors (Lipinski definition) is 1. The summed E-state index contributed by atoms with van der Waals surface area (Å²) in [6.45, 7) is 0.544. The molecule has 9 heteroatoms. The van der Waals surface area contributed by atoms with Crippen LogP contribution in [0.5, 0.6) is 5.75 Å². The Morgan fingerprint density at radius 1 is 1.19 bits per heavy atom. The smallest absolute Gasteiger partial charge is 0.252 e. The van der Waals surface area contributed by atoms with E-state index in [1.807, 2.05) is 0 Å². The highest BCUT2D eigenvalue weighted by Gasteiger charge is 2.30. The predicted molar refractivity (Wildman–Crippen MR) is 114 cm³/mol. The zero-order valence-corrected chi connectivity index (χ0v) is 17.8. The Labute approximate surface area is 179 Å². The Kier molecular flexibility index (Phi) is 6.08. The highest BCUT2D eigenvalue weighted by molar-refractivity contribution is 7.89. The van der Waals surface area contributed by atoms with Gasteiger partial charge in [0.15, 0.2) is 0 Å². The van der Waals surface area contributed by atoms with E-state index in [1.54, 1.807) is 31.4 Å². The largest absolute Gasteiger partial charge is 0.497 e. The highest BCUT2D eigenvalue weighted by Crippen LogP contribution is 2.24. The number of methoxy groups -OCH3 is 1. The maximum absolute atomic E-state index is 13.3. The molecule has 31 heavy (non-hydrogen) atoms. The molecule has 1 aromatic heterocycles. The number of nitrogens with one attached hydrogen (secondary N) is 1. The van der Waals surface area contributed by atoms with Crippen molar-refractivity contribution in [2.45, 2.75) is 30.4 Å². The molecule has 164 valence electrons. The third kappa shape index (κ3) is 4.63. The Morgan fingerprint density at radius 3 is 2.65 bits per heavy atom. The number of fused-ring (bicyclic) bond motifs is 1. The lowest BCUT2D eigenvalue weighted by Crippen LogP contribution is -2.38. The number of halogens is 1. The van der Waals surface area contributed by atoms with Crippen LogP contribution in [0.15, 0.2) is 58.2 Å². The topological polar surface area (TPSA) is 88.7 Å². The minimum absolute atomic E-state index is 0.0363. The minimum Gasteiger partial charge on any atom is -0.497 e. The second-order valence-corrected chi connectivity index (χ2v) is 9.40. The van der Waals surface area contributed by atoms with Crippen molar-refractivity contribution in [1.82, 2.24) is 9.29 Å². The Bertz CT molecular complexity index is 1230. The van der Waals surface area contributed by atoms with Crippen LogP contribution in [0.25, 0.3) is 10.9 Å². The zero-order chi connectivity index (χ0) is 22.0. The van der Waals surface area contributed by atoms with Gasteiger partial charge < -0.3 is 14.5 Å². The molecule has 7 nitrogen and oxygen atoms in total. The van der Waals surface area contributed by atoms with Crippen molar-refractivity contribution in [3.63, 3.8) is 0 Å². The number of benzene rings is 2. The number of pyridine rings is 1. The van der Waals surface area contributed by atoms with Crippen molar-refractivity contribution in [3.05, 3.63) is 70.3 Å². The van der Waals surface area contributed by atoms with Gasteiger partial charge in [0.05, 0.1) is 18.1 Å². The van der Waals surface area contributed by atoms with E-state index < -0.39 is 15.8 Å². The first-order valence-electron chi connectivity index (χ1n) is 9.94. The van der Waals surface area contributed by atoms with Gasteiger partial charge >= 0.3 is 0 Å². The van der Waals surface area contributed by atoms with Gasteiger partial charge in [0.2, 0.25) is 10.0 Å². The third-order valence-corrected chi connectivity index (χ3v) is 7.18. The molecule has 1 saturated heterocycles. The van der Waals surface area contributed by atoms with Gasteiger partial charge in [-0.2, -0.15) is 4.31 Å². The van der Waals surface area contributed by atoms with Crippen LogP contribution < -0.4 is 10.3 Å². The summed E-state index contributed by atoms with van der Waals surface area (Å²) >= 11 is 0. The summed E-state index contributed by atoms with van der Waals surface area (Å²) in [6, 6.07) is 11.6. The summed E-state index contributed by atoms with van der Waals surface area (Å²) in [5, 5.41) is 0.727. The monoisotopic (exact) mass is 446 g/mol. The highest BCUT2D eigenvalue weighted by atomic mass is 32.2. The molecule has 0 unspecified atom stereocenters. The first-order chi connectivity index (χ1) is 14.9. The van der Waals surface area contributed by atoms with Crippen LogP contribution in [-0.4, -0.2) is 44.1 Å². The minimum atomic E-state index is -3.98. The van der Waals surface area contributed by atoms with E-state index >= 15 is 0 Å². The summed E-state index contributed by atoms with van der Waals surface area (Å²) < 4.78 is 52.1. The molecule has 1 N–H and O–H groups in total. The summed E-state index contributed by atoms with van der Waals surface area (Å²) in [5.41, 5.74) is 0.551. The fourth-order valence-corrected chi connectivity index (χ4v) is 5.13.